The van der Waals surface area contributed by atoms with E-state index in [-0.39, 0.29) is 0 Å². The first-order chi connectivity index (χ1) is 9.24. The predicted octanol–water partition coefficient (Wildman–Crippen LogP) is 4.02. The fraction of sp³-hybridized carbons (Fsp3) is 0.400. The zero-order valence-corrected chi connectivity index (χ0v) is 12.6. The van der Waals surface area contributed by atoms with Crippen molar-refractivity contribution in [2.75, 3.05) is 5.32 Å². The molecule has 19 heavy (non-hydrogen) atoms. The minimum absolute atomic E-state index is 0.586. The van der Waals surface area contributed by atoms with Gasteiger partial charge in [0.15, 0.2) is 0 Å². The summed E-state index contributed by atoms with van der Waals surface area (Å²) in [5.41, 5.74) is 2.59. The lowest BCUT2D eigenvalue weighted by molar-refractivity contribution is 0.374. The van der Waals surface area contributed by atoms with Crippen LogP contribution in [0.5, 0.6) is 0 Å². The predicted molar refractivity (Wildman–Crippen MR) is 81.4 cm³/mol. The molecule has 0 atom stereocenters. The Kier molecular flexibility index (Phi) is 3.60. The van der Waals surface area contributed by atoms with Gasteiger partial charge in [0.05, 0.1) is 11.9 Å². The van der Waals surface area contributed by atoms with Gasteiger partial charge in [-0.15, -0.1) is 0 Å². The summed E-state index contributed by atoms with van der Waals surface area (Å²) in [5.74, 6) is 0.701. The smallest absolute Gasteiger partial charge is 0.0728 e. The molecule has 1 aliphatic carbocycles. The third kappa shape index (κ3) is 2.84. The Labute approximate surface area is 122 Å². The first-order valence-corrected chi connectivity index (χ1v) is 7.58. The van der Waals surface area contributed by atoms with Gasteiger partial charge in [0.25, 0.3) is 0 Å². The van der Waals surface area contributed by atoms with Gasteiger partial charge in [0, 0.05) is 23.3 Å². The highest BCUT2D eigenvalue weighted by atomic mass is 79.9. The Morgan fingerprint density at radius 3 is 2.68 bits per heavy atom. The van der Waals surface area contributed by atoms with Crippen LogP contribution in [0, 0.1) is 0 Å². The Hall–Kier alpha value is -1.29. The number of nitrogens with zero attached hydrogens (tertiary/aromatic N) is 2. The Balaban J connectivity index is 1.53. The number of aromatic nitrogens is 2. The molecular formula is C15H18BrN3. The molecule has 1 aliphatic rings. The van der Waals surface area contributed by atoms with Gasteiger partial charge in [0.1, 0.15) is 0 Å². The molecular weight excluding hydrogens is 302 g/mol. The molecule has 1 fully saturated rings. The van der Waals surface area contributed by atoms with Crippen molar-refractivity contribution < 1.29 is 0 Å². The second kappa shape index (κ2) is 5.37. The van der Waals surface area contributed by atoms with Crippen molar-refractivity contribution in [1.29, 1.82) is 0 Å². The standard InChI is InChI=1S/C15H18BrN3/c1-2-19-10-15(9-17-19)18-14-7-12(8-14)11-3-5-13(16)6-4-11/h3-6,9-10,12,14,18H,2,7-8H2,1H3. The Morgan fingerprint density at radius 1 is 1.32 bits per heavy atom. The molecule has 0 amide bonds. The molecule has 0 radical (unpaired) electrons. The fourth-order valence-electron chi connectivity index (χ4n) is 2.59. The van der Waals surface area contributed by atoms with E-state index in [1.165, 1.54) is 18.4 Å². The van der Waals surface area contributed by atoms with E-state index in [2.05, 4.69) is 63.7 Å². The van der Waals surface area contributed by atoms with Crippen LogP contribution in [0.3, 0.4) is 0 Å². The molecule has 0 unspecified atom stereocenters. The molecule has 0 saturated heterocycles. The number of benzene rings is 1. The van der Waals surface area contributed by atoms with Crippen LogP contribution in [0.25, 0.3) is 0 Å². The van der Waals surface area contributed by atoms with E-state index in [1.54, 1.807) is 0 Å². The quantitative estimate of drug-likeness (QED) is 0.922. The SMILES string of the molecule is CCn1cc(NC2CC(c3ccc(Br)cc3)C2)cn1. The van der Waals surface area contributed by atoms with Crippen LogP contribution in [0.2, 0.25) is 0 Å². The van der Waals surface area contributed by atoms with Crippen molar-refractivity contribution in [1.82, 2.24) is 9.78 Å². The third-order valence-electron chi connectivity index (χ3n) is 3.81. The van der Waals surface area contributed by atoms with Crippen LogP contribution >= 0.6 is 15.9 Å². The summed E-state index contributed by atoms with van der Waals surface area (Å²) in [7, 11) is 0. The first kappa shape index (κ1) is 12.7. The summed E-state index contributed by atoms with van der Waals surface area (Å²) < 4.78 is 3.10. The molecule has 1 N–H and O–H groups in total. The van der Waals surface area contributed by atoms with E-state index in [4.69, 9.17) is 0 Å². The molecule has 1 heterocycles. The van der Waals surface area contributed by atoms with Crippen molar-refractivity contribution in [2.24, 2.45) is 0 Å². The fourth-order valence-corrected chi connectivity index (χ4v) is 2.85. The monoisotopic (exact) mass is 319 g/mol. The molecule has 2 aromatic rings. The minimum Gasteiger partial charge on any atom is -0.380 e. The summed E-state index contributed by atoms with van der Waals surface area (Å²) in [4.78, 5) is 0. The number of halogens is 1. The summed E-state index contributed by atoms with van der Waals surface area (Å²) in [6.07, 6.45) is 6.40. The van der Waals surface area contributed by atoms with Gasteiger partial charge < -0.3 is 5.32 Å². The molecule has 1 aromatic heterocycles. The van der Waals surface area contributed by atoms with Gasteiger partial charge in [-0.25, -0.2) is 0 Å². The van der Waals surface area contributed by atoms with Crippen molar-refractivity contribution >= 4 is 21.6 Å². The normalized spacial score (nSPS) is 22.0. The lowest BCUT2D eigenvalue weighted by Gasteiger charge is -2.36. The molecule has 4 heteroatoms. The largest absolute Gasteiger partial charge is 0.380 e. The maximum Gasteiger partial charge on any atom is 0.0728 e. The van der Waals surface area contributed by atoms with Crippen LogP contribution in [0.4, 0.5) is 5.69 Å². The van der Waals surface area contributed by atoms with Crippen molar-refractivity contribution in [3.05, 3.63) is 46.7 Å². The minimum atomic E-state index is 0.586. The summed E-state index contributed by atoms with van der Waals surface area (Å²) in [6, 6.07) is 9.28. The maximum absolute atomic E-state index is 4.28. The van der Waals surface area contributed by atoms with Crippen LogP contribution in [0.1, 0.15) is 31.2 Å². The van der Waals surface area contributed by atoms with E-state index in [0.717, 1.165) is 16.7 Å². The average molecular weight is 320 g/mol. The third-order valence-corrected chi connectivity index (χ3v) is 4.34. The van der Waals surface area contributed by atoms with E-state index in [0.29, 0.717) is 12.0 Å². The molecule has 3 nitrogen and oxygen atoms in total. The van der Waals surface area contributed by atoms with Crippen LogP contribution in [-0.2, 0) is 6.54 Å². The van der Waals surface area contributed by atoms with Gasteiger partial charge in [-0.2, -0.15) is 5.10 Å². The highest BCUT2D eigenvalue weighted by molar-refractivity contribution is 9.10. The van der Waals surface area contributed by atoms with Crippen molar-refractivity contribution in [3.63, 3.8) is 0 Å². The lowest BCUT2D eigenvalue weighted by Crippen LogP contribution is -2.33. The topological polar surface area (TPSA) is 29.9 Å². The highest BCUT2D eigenvalue weighted by Gasteiger charge is 2.30. The van der Waals surface area contributed by atoms with Crippen LogP contribution in [-0.4, -0.2) is 15.8 Å². The Bertz CT molecular complexity index is 541. The molecule has 0 aliphatic heterocycles. The zero-order valence-electron chi connectivity index (χ0n) is 11.0. The van der Waals surface area contributed by atoms with Gasteiger partial charge in [-0.3, -0.25) is 4.68 Å². The molecule has 1 saturated carbocycles. The molecule has 100 valence electrons. The number of hydrogen-bond acceptors (Lipinski definition) is 2. The number of rotatable bonds is 4. The number of aryl methyl sites for hydroxylation is 1. The molecule has 0 spiro atoms. The molecule has 0 bridgehead atoms. The highest BCUT2D eigenvalue weighted by Crippen LogP contribution is 2.38. The van der Waals surface area contributed by atoms with Gasteiger partial charge >= 0.3 is 0 Å². The van der Waals surface area contributed by atoms with Crippen molar-refractivity contribution in [3.8, 4) is 0 Å². The zero-order chi connectivity index (χ0) is 13.2. The molecule has 1 aromatic carbocycles. The Morgan fingerprint density at radius 2 is 2.05 bits per heavy atom. The van der Waals surface area contributed by atoms with Crippen LogP contribution in [0.15, 0.2) is 41.1 Å². The van der Waals surface area contributed by atoms with Gasteiger partial charge in [-0.05, 0) is 43.4 Å². The summed E-state index contributed by atoms with van der Waals surface area (Å²) in [5, 5.41) is 7.83. The van der Waals surface area contributed by atoms with E-state index < -0.39 is 0 Å². The lowest BCUT2D eigenvalue weighted by atomic mass is 9.76. The van der Waals surface area contributed by atoms with E-state index in [9.17, 15) is 0 Å². The van der Waals surface area contributed by atoms with Crippen LogP contribution < -0.4 is 5.32 Å². The second-order valence-electron chi connectivity index (χ2n) is 5.15. The number of hydrogen-bond donors (Lipinski definition) is 1. The average Bonchev–Trinajstić information content (AvgIpc) is 2.82. The second-order valence-corrected chi connectivity index (χ2v) is 6.06. The van der Waals surface area contributed by atoms with E-state index in [1.807, 2.05) is 10.9 Å². The first-order valence-electron chi connectivity index (χ1n) is 6.79. The maximum atomic E-state index is 4.28. The van der Waals surface area contributed by atoms with E-state index >= 15 is 0 Å². The van der Waals surface area contributed by atoms with Gasteiger partial charge in [0.2, 0.25) is 0 Å². The number of anilines is 1. The molecule has 3 rings (SSSR count). The van der Waals surface area contributed by atoms with Gasteiger partial charge in [-0.1, -0.05) is 28.1 Å². The van der Waals surface area contributed by atoms with Crippen molar-refractivity contribution in [2.45, 2.75) is 38.3 Å². The number of nitrogens with one attached hydrogen (secondary N) is 1. The summed E-state index contributed by atoms with van der Waals surface area (Å²) in [6.45, 7) is 3.03. The summed E-state index contributed by atoms with van der Waals surface area (Å²) >= 11 is 3.48.